The van der Waals surface area contributed by atoms with E-state index in [4.69, 9.17) is 4.74 Å². The Morgan fingerprint density at radius 2 is 1.71 bits per heavy atom. The van der Waals surface area contributed by atoms with E-state index in [-0.39, 0.29) is 30.1 Å². The van der Waals surface area contributed by atoms with Gasteiger partial charge in [0.15, 0.2) is 0 Å². The quantitative estimate of drug-likeness (QED) is 0.327. The number of benzene rings is 2. The van der Waals surface area contributed by atoms with E-state index >= 15 is 0 Å². The van der Waals surface area contributed by atoms with Crippen molar-refractivity contribution in [2.24, 2.45) is 11.8 Å². The molecule has 0 unspecified atom stereocenters. The molecule has 9 nitrogen and oxygen atoms in total. The van der Waals surface area contributed by atoms with Gasteiger partial charge in [-0.3, -0.25) is 19.3 Å². The van der Waals surface area contributed by atoms with Gasteiger partial charge in [-0.1, -0.05) is 58.0 Å². The number of carbonyl (C=O) groups excluding carboxylic acids is 3. The third kappa shape index (κ3) is 7.59. The predicted octanol–water partition coefficient (Wildman–Crippen LogP) is 3.86. The van der Waals surface area contributed by atoms with Gasteiger partial charge in [-0.15, -0.1) is 0 Å². The van der Waals surface area contributed by atoms with Gasteiger partial charge in [-0.05, 0) is 67.8 Å². The van der Waals surface area contributed by atoms with Crippen LogP contribution in [0, 0.1) is 11.8 Å². The van der Waals surface area contributed by atoms with E-state index in [2.05, 4.69) is 34.8 Å². The van der Waals surface area contributed by atoms with E-state index in [0.717, 1.165) is 22.0 Å². The number of aromatic nitrogens is 1. The van der Waals surface area contributed by atoms with Gasteiger partial charge >= 0.3 is 0 Å². The second kappa shape index (κ2) is 13.7. The molecular formula is C33H43N5O4. The molecule has 0 fully saturated rings. The summed E-state index contributed by atoms with van der Waals surface area (Å²) in [5, 5.41) is 9.77. The summed E-state index contributed by atoms with van der Waals surface area (Å²) >= 11 is 0. The van der Waals surface area contributed by atoms with Crippen LogP contribution in [0.2, 0.25) is 0 Å². The van der Waals surface area contributed by atoms with Gasteiger partial charge < -0.3 is 25.7 Å². The summed E-state index contributed by atoms with van der Waals surface area (Å²) in [7, 11) is 3.71. The summed E-state index contributed by atoms with van der Waals surface area (Å²) in [6, 6.07) is 12.8. The highest BCUT2D eigenvalue weighted by Crippen LogP contribution is 2.23. The second-order valence-corrected chi connectivity index (χ2v) is 12.0. The molecule has 42 heavy (non-hydrogen) atoms. The average Bonchev–Trinajstić information content (AvgIpc) is 3.35. The number of rotatable bonds is 8. The van der Waals surface area contributed by atoms with Crippen LogP contribution >= 0.6 is 0 Å². The monoisotopic (exact) mass is 573 g/mol. The van der Waals surface area contributed by atoms with E-state index in [0.29, 0.717) is 12.2 Å². The van der Waals surface area contributed by atoms with Crippen molar-refractivity contribution >= 4 is 34.7 Å². The van der Waals surface area contributed by atoms with Gasteiger partial charge in [0.25, 0.3) is 0 Å². The van der Waals surface area contributed by atoms with Crippen LogP contribution in [0.5, 0.6) is 5.75 Å². The topological polar surface area (TPSA) is 116 Å². The molecule has 0 saturated heterocycles. The molecule has 3 amide bonds. The molecule has 9 heteroatoms. The standard InChI is InChI=1S/C33H43N5O4/c1-20(2)17-28(38(5)6)32(40)37-29-30(21(3)4)42-24-13-11-22(12-14-24)15-16-34-31(39)27(36-33(29)41)18-23-19-35-26-10-8-7-9-25(23)26/h7-16,19-21,27-30,35H,17-18H2,1-6H3,(H,34,39)(H,36,41)(H,37,40)/t27-,28-,29+,30-/m0/s1. The van der Waals surface area contributed by atoms with Crippen LogP contribution in [0.25, 0.3) is 17.0 Å². The molecular weight excluding hydrogens is 530 g/mol. The number of fused-ring (bicyclic) bond motifs is 11. The number of H-pyrrole nitrogens is 1. The zero-order chi connectivity index (χ0) is 30.4. The maximum atomic E-state index is 14.1. The first kappa shape index (κ1) is 30.8. The number of likely N-dealkylation sites (N-methyl/N-ethyl adjacent to an activating group) is 1. The Morgan fingerprint density at radius 1 is 1.00 bits per heavy atom. The van der Waals surface area contributed by atoms with E-state index < -0.39 is 30.1 Å². The van der Waals surface area contributed by atoms with Crippen LogP contribution in [0.3, 0.4) is 0 Å². The van der Waals surface area contributed by atoms with Crippen LogP contribution in [-0.2, 0) is 20.8 Å². The number of hydrogen-bond donors (Lipinski definition) is 4. The minimum atomic E-state index is -1.05. The third-order valence-corrected chi connectivity index (χ3v) is 7.57. The van der Waals surface area contributed by atoms with Crippen LogP contribution < -0.4 is 20.7 Å². The van der Waals surface area contributed by atoms with Crippen molar-refractivity contribution in [1.29, 1.82) is 0 Å². The molecule has 4 atom stereocenters. The fourth-order valence-electron chi connectivity index (χ4n) is 5.26. The first-order chi connectivity index (χ1) is 20.0. The lowest BCUT2D eigenvalue weighted by Crippen LogP contribution is -2.62. The minimum absolute atomic E-state index is 0.141. The van der Waals surface area contributed by atoms with Crippen molar-refractivity contribution in [3.8, 4) is 5.75 Å². The fraction of sp³-hybridized carbons (Fsp3) is 0.424. The van der Waals surface area contributed by atoms with Gasteiger partial charge in [0.2, 0.25) is 17.7 Å². The van der Waals surface area contributed by atoms with Crippen molar-refractivity contribution in [2.75, 3.05) is 14.1 Å². The summed E-state index contributed by atoms with van der Waals surface area (Å²) in [6.45, 7) is 8.02. The summed E-state index contributed by atoms with van der Waals surface area (Å²) in [6.07, 6.45) is 5.40. The molecule has 0 saturated carbocycles. The third-order valence-electron chi connectivity index (χ3n) is 7.57. The first-order valence-electron chi connectivity index (χ1n) is 14.6. The van der Waals surface area contributed by atoms with E-state index in [1.54, 1.807) is 12.3 Å². The van der Waals surface area contributed by atoms with E-state index in [1.165, 1.54) is 0 Å². The molecule has 2 bridgehead atoms. The van der Waals surface area contributed by atoms with Crippen molar-refractivity contribution in [2.45, 2.75) is 64.8 Å². The number of nitrogens with zero attached hydrogens (tertiary/aromatic N) is 1. The number of hydrogen-bond acceptors (Lipinski definition) is 5. The zero-order valence-electron chi connectivity index (χ0n) is 25.3. The molecule has 3 heterocycles. The maximum absolute atomic E-state index is 14.1. The molecule has 2 aliphatic rings. The molecule has 224 valence electrons. The Labute approximate surface area is 248 Å². The van der Waals surface area contributed by atoms with Crippen molar-refractivity contribution in [3.63, 3.8) is 0 Å². The zero-order valence-corrected chi connectivity index (χ0v) is 25.3. The lowest BCUT2D eigenvalue weighted by atomic mass is 9.96. The molecule has 0 radical (unpaired) electrons. The summed E-state index contributed by atoms with van der Waals surface area (Å²) < 4.78 is 6.39. The molecule has 0 spiro atoms. The van der Waals surface area contributed by atoms with Crippen LogP contribution in [0.15, 0.2) is 60.9 Å². The van der Waals surface area contributed by atoms with E-state index in [1.807, 2.05) is 87.6 Å². The van der Waals surface area contributed by atoms with Crippen molar-refractivity contribution in [1.82, 2.24) is 25.8 Å². The Balaban J connectivity index is 1.72. The number of amides is 3. The van der Waals surface area contributed by atoms with E-state index in [9.17, 15) is 14.4 Å². The summed E-state index contributed by atoms with van der Waals surface area (Å²) in [5.74, 6) is -0.398. The lowest BCUT2D eigenvalue weighted by molar-refractivity contribution is -0.136. The predicted molar refractivity (Wildman–Crippen MR) is 166 cm³/mol. The Bertz CT molecular complexity index is 1410. The highest BCUT2D eigenvalue weighted by Gasteiger charge is 2.38. The number of nitrogens with one attached hydrogen (secondary N) is 4. The molecule has 0 aliphatic carbocycles. The van der Waals surface area contributed by atoms with Crippen LogP contribution in [0.1, 0.15) is 45.2 Å². The maximum Gasteiger partial charge on any atom is 0.247 e. The number of ether oxygens (including phenoxy) is 1. The molecule has 4 N–H and O–H groups in total. The van der Waals surface area contributed by atoms with Gasteiger partial charge in [-0.2, -0.15) is 0 Å². The lowest BCUT2D eigenvalue weighted by Gasteiger charge is -2.34. The van der Waals surface area contributed by atoms with Crippen LogP contribution in [0.4, 0.5) is 0 Å². The molecule has 5 rings (SSSR count). The summed E-state index contributed by atoms with van der Waals surface area (Å²) in [5.41, 5.74) is 2.72. The number of carbonyl (C=O) groups is 3. The fourth-order valence-corrected chi connectivity index (χ4v) is 5.26. The Kier molecular flexibility index (Phi) is 10.1. The molecule has 3 aromatic rings. The van der Waals surface area contributed by atoms with Gasteiger partial charge in [-0.25, -0.2) is 0 Å². The molecule has 2 aromatic carbocycles. The SMILES string of the molecule is CC(C)C[C@@H](C(=O)N[C@H]1C(=O)N[C@@H](Cc2c[nH]c3ccccc23)C(=O)NC=Cc2ccc(cc2)O[C@H]1C(C)C)N(C)C. The van der Waals surface area contributed by atoms with Crippen molar-refractivity contribution in [3.05, 3.63) is 72.1 Å². The first-order valence-corrected chi connectivity index (χ1v) is 14.6. The van der Waals surface area contributed by atoms with Gasteiger partial charge in [0, 0.05) is 29.7 Å². The molecule has 2 aliphatic heterocycles. The minimum Gasteiger partial charge on any atom is -0.487 e. The average molecular weight is 574 g/mol. The second-order valence-electron chi connectivity index (χ2n) is 12.0. The summed E-state index contributed by atoms with van der Waals surface area (Å²) in [4.78, 5) is 46.4. The highest BCUT2D eigenvalue weighted by molar-refractivity contribution is 5.94. The van der Waals surface area contributed by atoms with Gasteiger partial charge in [0.05, 0.1) is 6.04 Å². The number of para-hydroxylation sites is 1. The molecule has 1 aromatic heterocycles. The van der Waals surface area contributed by atoms with Gasteiger partial charge in [0.1, 0.15) is 23.9 Å². The largest absolute Gasteiger partial charge is 0.487 e. The Morgan fingerprint density at radius 3 is 2.38 bits per heavy atom. The van der Waals surface area contributed by atoms with Crippen LogP contribution in [-0.4, -0.2) is 65.9 Å². The number of aromatic amines is 1. The highest BCUT2D eigenvalue weighted by atomic mass is 16.5. The smallest absolute Gasteiger partial charge is 0.247 e. The normalized spacial score (nSPS) is 20.4. The Hall–Kier alpha value is -4.11. The van der Waals surface area contributed by atoms with Crippen molar-refractivity contribution < 1.29 is 19.1 Å².